The quantitative estimate of drug-likeness (QED) is 0.809. The molecule has 2 rings (SSSR count). The summed E-state index contributed by atoms with van der Waals surface area (Å²) in [6, 6.07) is 11.7. The van der Waals surface area contributed by atoms with Crippen molar-refractivity contribution in [2.24, 2.45) is 0 Å². The molecule has 0 aliphatic rings. The van der Waals surface area contributed by atoms with Crippen LogP contribution in [-0.4, -0.2) is 36.9 Å². The molecule has 0 bridgehead atoms. The summed E-state index contributed by atoms with van der Waals surface area (Å²) in [6.07, 6.45) is 0.223. The third-order valence-corrected chi connectivity index (χ3v) is 4.68. The minimum Gasteiger partial charge on any atom is -0.493 e. The third-order valence-electron chi connectivity index (χ3n) is 4.68. The molecule has 0 radical (unpaired) electrons. The predicted octanol–water partition coefficient (Wildman–Crippen LogP) is 3.79. The van der Waals surface area contributed by atoms with E-state index in [-0.39, 0.29) is 31.4 Å². The second-order valence-electron chi connectivity index (χ2n) is 6.86. The molecule has 1 N–H and O–H groups in total. The Morgan fingerprint density at radius 3 is 2.22 bits per heavy atom. The lowest BCUT2D eigenvalue weighted by molar-refractivity contribution is -0.133. The van der Waals surface area contributed by atoms with Gasteiger partial charge in [0.2, 0.25) is 11.8 Å². The van der Waals surface area contributed by atoms with Crippen molar-refractivity contribution in [1.82, 2.24) is 4.90 Å². The van der Waals surface area contributed by atoms with Crippen molar-refractivity contribution in [2.45, 2.75) is 34.1 Å². The lowest BCUT2D eigenvalue weighted by atomic mass is 10.1. The predicted molar refractivity (Wildman–Crippen MR) is 108 cm³/mol. The molecule has 27 heavy (non-hydrogen) atoms. The van der Waals surface area contributed by atoms with E-state index in [1.54, 1.807) is 7.05 Å². The minimum absolute atomic E-state index is 0.0100. The molecule has 144 valence electrons. The Bertz CT molecular complexity index is 810. The van der Waals surface area contributed by atoms with Crippen molar-refractivity contribution in [3.8, 4) is 5.75 Å². The first kappa shape index (κ1) is 20.5. The van der Waals surface area contributed by atoms with Crippen LogP contribution in [-0.2, 0) is 9.59 Å². The van der Waals surface area contributed by atoms with Crippen molar-refractivity contribution < 1.29 is 14.3 Å². The van der Waals surface area contributed by atoms with Crippen LogP contribution in [0.25, 0.3) is 0 Å². The number of rotatable bonds is 7. The molecular weight excluding hydrogens is 340 g/mol. The van der Waals surface area contributed by atoms with Crippen molar-refractivity contribution in [3.05, 3.63) is 58.7 Å². The number of aryl methyl sites for hydroxylation is 3. The maximum atomic E-state index is 12.3. The van der Waals surface area contributed by atoms with Gasteiger partial charge in [-0.2, -0.15) is 0 Å². The normalized spacial score (nSPS) is 10.4. The summed E-state index contributed by atoms with van der Waals surface area (Å²) < 4.78 is 5.72. The number of hydrogen-bond donors (Lipinski definition) is 1. The van der Waals surface area contributed by atoms with Crippen LogP contribution in [0.4, 0.5) is 5.69 Å². The summed E-state index contributed by atoms with van der Waals surface area (Å²) in [5.74, 6) is 0.453. The molecule has 0 aliphatic heterocycles. The fourth-order valence-electron chi connectivity index (χ4n) is 2.81. The molecule has 5 heteroatoms. The molecule has 0 spiro atoms. The molecule has 2 amide bonds. The molecule has 5 nitrogen and oxygen atoms in total. The van der Waals surface area contributed by atoms with Gasteiger partial charge in [-0.15, -0.1) is 0 Å². The summed E-state index contributed by atoms with van der Waals surface area (Å²) in [4.78, 5) is 26.0. The van der Waals surface area contributed by atoms with Gasteiger partial charge in [0.1, 0.15) is 5.75 Å². The number of amides is 2. The minimum atomic E-state index is -0.210. The average Bonchev–Trinajstić information content (AvgIpc) is 2.61. The number of carbonyl (C=O) groups is 2. The second kappa shape index (κ2) is 9.21. The highest BCUT2D eigenvalue weighted by Crippen LogP contribution is 2.21. The van der Waals surface area contributed by atoms with Gasteiger partial charge in [-0.05, 0) is 56.0 Å². The summed E-state index contributed by atoms with van der Waals surface area (Å²) in [5, 5.41) is 2.90. The van der Waals surface area contributed by atoms with Crippen LogP contribution >= 0.6 is 0 Å². The Morgan fingerprint density at radius 1 is 0.963 bits per heavy atom. The molecular formula is C22H28N2O3. The van der Waals surface area contributed by atoms with E-state index in [1.807, 2.05) is 64.1 Å². The molecule has 0 fully saturated rings. The number of benzene rings is 2. The van der Waals surface area contributed by atoms with Crippen LogP contribution in [0.3, 0.4) is 0 Å². The Kier molecular flexibility index (Phi) is 6.99. The Morgan fingerprint density at radius 2 is 1.56 bits per heavy atom. The molecule has 0 saturated carbocycles. The van der Waals surface area contributed by atoms with Crippen LogP contribution < -0.4 is 10.1 Å². The second-order valence-corrected chi connectivity index (χ2v) is 6.86. The van der Waals surface area contributed by atoms with Crippen LogP contribution in [0.5, 0.6) is 5.75 Å². The topological polar surface area (TPSA) is 58.6 Å². The number of nitrogens with zero attached hydrogens (tertiary/aromatic N) is 1. The average molecular weight is 368 g/mol. The van der Waals surface area contributed by atoms with E-state index in [4.69, 9.17) is 4.74 Å². The number of anilines is 1. The lowest BCUT2D eigenvalue weighted by Crippen LogP contribution is -2.35. The molecule has 0 aliphatic carbocycles. The van der Waals surface area contributed by atoms with Crippen molar-refractivity contribution in [2.75, 3.05) is 25.5 Å². The number of likely N-dealkylation sites (N-methyl/N-ethyl adjacent to an activating group) is 1. The zero-order valence-electron chi connectivity index (χ0n) is 16.8. The molecule has 0 unspecified atom stereocenters. The van der Waals surface area contributed by atoms with Gasteiger partial charge in [-0.25, -0.2) is 0 Å². The van der Waals surface area contributed by atoms with Gasteiger partial charge in [0.05, 0.1) is 19.6 Å². The van der Waals surface area contributed by atoms with Gasteiger partial charge < -0.3 is 15.0 Å². The van der Waals surface area contributed by atoms with Gasteiger partial charge in [0.15, 0.2) is 0 Å². The molecule has 0 atom stereocenters. The first-order chi connectivity index (χ1) is 12.8. The highest BCUT2D eigenvalue weighted by atomic mass is 16.5. The third kappa shape index (κ3) is 5.58. The monoisotopic (exact) mass is 368 g/mol. The first-order valence-electron chi connectivity index (χ1n) is 9.08. The van der Waals surface area contributed by atoms with Crippen LogP contribution in [0.15, 0.2) is 36.4 Å². The largest absolute Gasteiger partial charge is 0.493 e. The van der Waals surface area contributed by atoms with Gasteiger partial charge in [0.25, 0.3) is 0 Å². The van der Waals surface area contributed by atoms with Crippen molar-refractivity contribution in [1.29, 1.82) is 0 Å². The van der Waals surface area contributed by atoms with Crippen molar-refractivity contribution in [3.63, 3.8) is 0 Å². The zero-order chi connectivity index (χ0) is 20.0. The van der Waals surface area contributed by atoms with E-state index in [1.165, 1.54) is 4.90 Å². The Balaban J connectivity index is 1.83. The van der Waals surface area contributed by atoms with Gasteiger partial charge in [-0.3, -0.25) is 9.59 Å². The standard InChI is InChI=1S/C22H28N2O3/c1-15-8-7-11-19(18(15)4)27-13-12-21(26)24(5)14-20(25)23-22-16(2)9-6-10-17(22)3/h6-11H,12-14H2,1-5H3,(H,23,25). The number of ether oxygens (including phenoxy) is 1. The van der Waals surface area contributed by atoms with E-state index in [2.05, 4.69) is 5.32 Å². The fraction of sp³-hybridized carbons (Fsp3) is 0.364. The number of carbonyl (C=O) groups excluding carboxylic acids is 2. The SMILES string of the molecule is Cc1cccc(OCCC(=O)N(C)CC(=O)Nc2c(C)cccc2C)c1C. The van der Waals surface area contributed by atoms with Crippen LogP contribution in [0.2, 0.25) is 0 Å². The van der Waals surface area contributed by atoms with E-state index in [9.17, 15) is 9.59 Å². The van der Waals surface area contributed by atoms with Crippen LogP contribution in [0.1, 0.15) is 28.7 Å². The lowest BCUT2D eigenvalue weighted by Gasteiger charge is -2.18. The zero-order valence-corrected chi connectivity index (χ0v) is 16.8. The molecule has 0 aromatic heterocycles. The first-order valence-corrected chi connectivity index (χ1v) is 9.08. The molecule has 2 aromatic rings. The van der Waals surface area contributed by atoms with Gasteiger partial charge >= 0.3 is 0 Å². The van der Waals surface area contributed by atoms with E-state index in [0.717, 1.165) is 33.7 Å². The van der Waals surface area contributed by atoms with E-state index < -0.39 is 0 Å². The highest BCUT2D eigenvalue weighted by Gasteiger charge is 2.15. The number of nitrogens with one attached hydrogen (secondary N) is 1. The number of hydrogen-bond acceptors (Lipinski definition) is 3. The maximum Gasteiger partial charge on any atom is 0.243 e. The molecule has 0 heterocycles. The highest BCUT2D eigenvalue weighted by molar-refractivity contribution is 5.95. The summed E-state index contributed by atoms with van der Waals surface area (Å²) in [5.41, 5.74) is 5.03. The summed E-state index contributed by atoms with van der Waals surface area (Å²) >= 11 is 0. The maximum absolute atomic E-state index is 12.3. The molecule has 2 aromatic carbocycles. The fourth-order valence-corrected chi connectivity index (χ4v) is 2.81. The Labute approximate surface area is 161 Å². The molecule has 0 saturated heterocycles. The summed E-state index contributed by atoms with van der Waals surface area (Å²) in [7, 11) is 1.63. The van der Waals surface area contributed by atoms with Crippen LogP contribution in [0, 0.1) is 27.7 Å². The number of para-hydroxylation sites is 1. The van der Waals surface area contributed by atoms with Gasteiger partial charge in [-0.1, -0.05) is 30.3 Å². The van der Waals surface area contributed by atoms with E-state index >= 15 is 0 Å². The van der Waals surface area contributed by atoms with Crippen molar-refractivity contribution >= 4 is 17.5 Å². The Hall–Kier alpha value is -2.82. The van der Waals surface area contributed by atoms with Gasteiger partial charge in [0, 0.05) is 12.7 Å². The smallest absolute Gasteiger partial charge is 0.243 e. The summed E-state index contributed by atoms with van der Waals surface area (Å²) in [6.45, 7) is 8.21. The van der Waals surface area contributed by atoms with E-state index in [0.29, 0.717) is 0 Å².